The Hall–Kier alpha value is -1.02. The molecule has 2 aliphatic carbocycles. The van der Waals surface area contributed by atoms with Crippen molar-refractivity contribution in [1.82, 2.24) is 0 Å². The van der Waals surface area contributed by atoms with Gasteiger partial charge in [-0.05, 0) is 61.1 Å². The highest BCUT2D eigenvalue weighted by Gasteiger charge is 2.39. The van der Waals surface area contributed by atoms with Gasteiger partial charge in [0.2, 0.25) is 0 Å². The molecular formula is C18H26O2. The van der Waals surface area contributed by atoms with E-state index in [9.17, 15) is 5.11 Å². The summed E-state index contributed by atoms with van der Waals surface area (Å²) in [6.07, 6.45) is 7.11. The van der Waals surface area contributed by atoms with Gasteiger partial charge >= 0.3 is 0 Å². The van der Waals surface area contributed by atoms with Crippen molar-refractivity contribution in [2.75, 3.05) is 6.61 Å². The third-order valence-corrected chi connectivity index (χ3v) is 5.15. The molecule has 0 heterocycles. The van der Waals surface area contributed by atoms with Gasteiger partial charge in [0.1, 0.15) is 5.75 Å². The van der Waals surface area contributed by atoms with E-state index in [1.807, 2.05) is 24.3 Å². The van der Waals surface area contributed by atoms with Crippen LogP contribution in [0.1, 0.15) is 57.1 Å². The molecule has 0 amide bonds. The van der Waals surface area contributed by atoms with Crippen molar-refractivity contribution in [3.63, 3.8) is 0 Å². The Morgan fingerprint density at radius 2 is 2.20 bits per heavy atom. The maximum Gasteiger partial charge on any atom is 0.119 e. The van der Waals surface area contributed by atoms with Crippen molar-refractivity contribution in [3.8, 4) is 5.75 Å². The Balaban J connectivity index is 1.56. The summed E-state index contributed by atoms with van der Waals surface area (Å²) in [7, 11) is 0. The minimum Gasteiger partial charge on any atom is -0.493 e. The molecule has 20 heavy (non-hydrogen) atoms. The lowest BCUT2D eigenvalue weighted by Crippen LogP contribution is -2.18. The summed E-state index contributed by atoms with van der Waals surface area (Å²) in [4.78, 5) is 0. The molecule has 2 saturated carbocycles. The molecule has 2 aliphatic rings. The average molecular weight is 274 g/mol. The van der Waals surface area contributed by atoms with Gasteiger partial charge < -0.3 is 9.84 Å². The van der Waals surface area contributed by atoms with E-state index in [0.29, 0.717) is 0 Å². The van der Waals surface area contributed by atoms with Crippen LogP contribution in [0.15, 0.2) is 24.3 Å². The fourth-order valence-corrected chi connectivity index (χ4v) is 4.04. The summed E-state index contributed by atoms with van der Waals surface area (Å²) >= 11 is 0. The second-order valence-electron chi connectivity index (χ2n) is 6.62. The maximum absolute atomic E-state index is 10.1. The number of ether oxygens (including phenoxy) is 1. The molecular weight excluding hydrogens is 248 g/mol. The van der Waals surface area contributed by atoms with Gasteiger partial charge in [0, 0.05) is 0 Å². The van der Waals surface area contributed by atoms with Crippen LogP contribution >= 0.6 is 0 Å². The van der Waals surface area contributed by atoms with Gasteiger partial charge in [-0.15, -0.1) is 0 Å². The normalized spacial score (nSPS) is 29.6. The molecule has 4 unspecified atom stereocenters. The van der Waals surface area contributed by atoms with E-state index in [4.69, 9.17) is 4.74 Å². The standard InChI is InChI=1S/C18H26O2/c1-2-4-18(19)15-5-3-6-17(11-15)20-12-16-10-13-7-8-14(16)9-13/h3,5-6,11,13-14,16,18-19H,2,4,7-10,12H2,1H3. The van der Waals surface area contributed by atoms with E-state index >= 15 is 0 Å². The van der Waals surface area contributed by atoms with Crippen molar-refractivity contribution < 1.29 is 9.84 Å². The monoisotopic (exact) mass is 274 g/mol. The van der Waals surface area contributed by atoms with Crippen molar-refractivity contribution >= 4 is 0 Å². The van der Waals surface area contributed by atoms with Crippen LogP contribution in [0.3, 0.4) is 0 Å². The number of aliphatic hydroxyl groups is 1. The first-order valence-corrected chi connectivity index (χ1v) is 8.17. The van der Waals surface area contributed by atoms with Crippen LogP contribution in [0.5, 0.6) is 5.75 Å². The Morgan fingerprint density at radius 3 is 2.90 bits per heavy atom. The number of rotatable bonds is 6. The first-order chi connectivity index (χ1) is 9.76. The van der Waals surface area contributed by atoms with Crippen LogP contribution in [0.2, 0.25) is 0 Å². The van der Waals surface area contributed by atoms with Crippen LogP contribution in [0.25, 0.3) is 0 Å². The molecule has 0 aliphatic heterocycles. The molecule has 2 nitrogen and oxygen atoms in total. The van der Waals surface area contributed by atoms with E-state index in [1.54, 1.807) is 0 Å². The summed E-state index contributed by atoms with van der Waals surface area (Å²) in [5, 5.41) is 10.1. The predicted octanol–water partition coefficient (Wildman–Crippen LogP) is 4.34. The quantitative estimate of drug-likeness (QED) is 0.836. The predicted molar refractivity (Wildman–Crippen MR) is 80.7 cm³/mol. The second kappa shape index (κ2) is 6.17. The fourth-order valence-electron chi connectivity index (χ4n) is 4.04. The topological polar surface area (TPSA) is 29.5 Å². The van der Waals surface area contributed by atoms with E-state index in [0.717, 1.165) is 48.5 Å². The Morgan fingerprint density at radius 1 is 1.30 bits per heavy atom. The minimum absolute atomic E-state index is 0.356. The largest absolute Gasteiger partial charge is 0.493 e. The van der Waals surface area contributed by atoms with Crippen molar-refractivity contribution in [2.45, 2.75) is 51.6 Å². The highest BCUT2D eigenvalue weighted by molar-refractivity contribution is 5.29. The zero-order chi connectivity index (χ0) is 13.9. The number of hydrogen-bond donors (Lipinski definition) is 1. The number of hydrogen-bond acceptors (Lipinski definition) is 2. The lowest BCUT2D eigenvalue weighted by atomic mass is 9.89. The molecule has 0 radical (unpaired) electrons. The van der Waals surface area contributed by atoms with Crippen LogP contribution in [0.4, 0.5) is 0 Å². The molecule has 1 aromatic rings. The number of aliphatic hydroxyl groups excluding tert-OH is 1. The molecule has 2 heteroatoms. The molecule has 2 fully saturated rings. The van der Waals surface area contributed by atoms with Gasteiger partial charge in [0.25, 0.3) is 0 Å². The average Bonchev–Trinajstić information content (AvgIpc) is 3.08. The van der Waals surface area contributed by atoms with Gasteiger partial charge in [-0.2, -0.15) is 0 Å². The highest BCUT2D eigenvalue weighted by Crippen LogP contribution is 2.48. The van der Waals surface area contributed by atoms with Crippen molar-refractivity contribution in [2.24, 2.45) is 17.8 Å². The molecule has 4 atom stereocenters. The molecule has 0 spiro atoms. The molecule has 2 bridgehead atoms. The lowest BCUT2D eigenvalue weighted by Gasteiger charge is -2.22. The van der Waals surface area contributed by atoms with Crippen LogP contribution in [-0.4, -0.2) is 11.7 Å². The zero-order valence-electron chi connectivity index (χ0n) is 12.4. The molecule has 0 aromatic heterocycles. The SMILES string of the molecule is CCCC(O)c1cccc(OCC2CC3CCC2C3)c1. The summed E-state index contributed by atoms with van der Waals surface area (Å²) in [5.74, 6) is 3.57. The van der Waals surface area contributed by atoms with E-state index < -0.39 is 0 Å². The highest BCUT2D eigenvalue weighted by atomic mass is 16.5. The zero-order valence-corrected chi connectivity index (χ0v) is 12.4. The summed E-state index contributed by atoms with van der Waals surface area (Å²) < 4.78 is 6.00. The van der Waals surface area contributed by atoms with Gasteiger partial charge in [0.15, 0.2) is 0 Å². The lowest BCUT2D eigenvalue weighted by molar-refractivity contribution is 0.164. The van der Waals surface area contributed by atoms with Crippen molar-refractivity contribution in [1.29, 1.82) is 0 Å². The van der Waals surface area contributed by atoms with Crippen LogP contribution < -0.4 is 4.74 Å². The van der Waals surface area contributed by atoms with Crippen LogP contribution in [0, 0.1) is 17.8 Å². The second-order valence-corrected chi connectivity index (χ2v) is 6.62. The molecule has 110 valence electrons. The summed E-state index contributed by atoms with van der Waals surface area (Å²) in [5.41, 5.74) is 0.984. The molecule has 0 saturated heterocycles. The number of fused-ring (bicyclic) bond motifs is 2. The summed E-state index contributed by atoms with van der Waals surface area (Å²) in [6, 6.07) is 8.00. The molecule has 3 rings (SSSR count). The molecule has 1 aromatic carbocycles. The van der Waals surface area contributed by atoms with Crippen molar-refractivity contribution in [3.05, 3.63) is 29.8 Å². The van der Waals surface area contributed by atoms with Gasteiger partial charge in [-0.3, -0.25) is 0 Å². The first kappa shape index (κ1) is 13.9. The smallest absolute Gasteiger partial charge is 0.119 e. The summed E-state index contributed by atoms with van der Waals surface area (Å²) in [6.45, 7) is 2.95. The minimum atomic E-state index is -0.356. The molecule has 1 N–H and O–H groups in total. The Bertz CT molecular complexity index is 443. The fraction of sp³-hybridized carbons (Fsp3) is 0.667. The number of benzene rings is 1. The third kappa shape index (κ3) is 3.01. The van der Waals surface area contributed by atoms with E-state index in [1.165, 1.54) is 25.7 Å². The van der Waals surface area contributed by atoms with Gasteiger partial charge in [-0.1, -0.05) is 31.9 Å². The Kier molecular flexibility index (Phi) is 4.30. The van der Waals surface area contributed by atoms with Gasteiger partial charge in [0.05, 0.1) is 12.7 Å². The maximum atomic E-state index is 10.1. The van der Waals surface area contributed by atoms with E-state index in [2.05, 4.69) is 6.92 Å². The first-order valence-electron chi connectivity index (χ1n) is 8.17. The van der Waals surface area contributed by atoms with E-state index in [-0.39, 0.29) is 6.10 Å². The van der Waals surface area contributed by atoms with Crippen LogP contribution in [-0.2, 0) is 0 Å². The van der Waals surface area contributed by atoms with Gasteiger partial charge in [-0.25, -0.2) is 0 Å². The third-order valence-electron chi connectivity index (χ3n) is 5.15. The Labute approximate surface area is 122 Å².